The Bertz CT molecular complexity index is 795. The standard InChI is InChI=1S/C19H19N3O2/c1-14-7-9-15(10-8-14)13-18(23)20-12-11-17-21-19(24-22-17)16-5-3-2-4-6-16/h2-10H,11-13H2,1H3,(H,20,23). The summed E-state index contributed by atoms with van der Waals surface area (Å²) in [5, 5.41) is 6.83. The van der Waals surface area contributed by atoms with Gasteiger partial charge in [-0.2, -0.15) is 4.98 Å². The predicted octanol–water partition coefficient (Wildman–Crippen LogP) is 2.95. The molecule has 0 saturated heterocycles. The molecule has 0 spiro atoms. The molecule has 0 fully saturated rings. The molecule has 5 nitrogen and oxygen atoms in total. The molecule has 0 saturated carbocycles. The number of nitrogens with zero attached hydrogens (tertiary/aromatic N) is 2. The highest BCUT2D eigenvalue weighted by molar-refractivity contribution is 5.78. The first kappa shape index (κ1) is 15.9. The van der Waals surface area contributed by atoms with Gasteiger partial charge in [0.15, 0.2) is 5.82 Å². The van der Waals surface area contributed by atoms with Gasteiger partial charge in [-0.25, -0.2) is 0 Å². The van der Waals surface area contributed by atoms with Crippen LogP contribution in [0, 0.1) is 6.92 Å². The fourth-order valence-corrected chi connectivity index (χ4v) is 2.32. The first-order valence-corrected chi connectivity index (χ1v) is 7.91. The molecule has 0 radical (unpaired) electrons. The number of hydrogen-bond acceptors (Lipinski definition) is 4. The van der Waals surface area contributed by atoms with E-state index in [4.69, 9.17) is 4.52 Å². The van der Waals surface area contributed by atoms with Gasteiger partial charge in [0.1, 0.15) is 0 Å². The van der Waals surface area contributed by atoms with Crippen LogP contribution in [-0.4, -0.2) is 22.6 Å². The minimum atomic E-state index is -0.00868. The molecule has 0 aliphatic rings. The maximum Gasteiger partial charge on any atom is 0.257 e. The summed E-state index contributed by atoms with van der Waals surface area (Å²) in [6.07, 6.45) is 0.914. The van der Waals surface area contributed by atoms with E-state index in [1.54, 1.807) is 0 Å². The van der Waals surface area contributed by atoms with Crippen LogP contribution in [0.5, 0.6) is 0 Å². The third kappa shape index (κ3) is 4.29. The highest BCUT2D eigenvalue weighted by Crippen LogP contribution is 2.15. The van der Waals surface area contributed by atoms with Gasteiger partial charge in [0.05, 0.1) is 6.42 Å². The fourth-order valence-electron chi connectivity index (χ4n) is 2.32. The Morgan fingerprint density at radius 1 is 1.08 bits per heavy atom. The van der Waals surface area contributed by atoms with Crippen LogP contribution < -0.4 is 5.32 Å². The first-order chi connectivity index (χ1) is 11.7. The second kappa shape index (κ2) is 7.55. The summed E-state index contributed by atoms with van der Waals surface area (Å²) in [7, 11) is 0. The number of carbonyl (C=O) groups excluding carboxylic acids is 1. The molecule has 122 valence electrons. The Kier molecular flexibility index (Phi) is 5.01. The van der Waals surface area contributed by atoms with Crippen LogP contribution in [0.15, 0.2) is 59.1 Å². The number of hydrogen-bond donors (Lipinski definition) is 1. The molecule has 1 aromatic heterocycles. The summed E-state index contributed by atoms with van der Waals surface area (Å²) < 4.78 is 5.24. The molecule has 0 atom stereocenters. The highest BCUT2D eigenvalue weighted by Gasteiger charge is 2.09. The quantitative estimate of drug-likeness (QED) is 0.758. The van der Waals surface area contributed by atoms with Crippen LogP contribution in [0.2, 0.25) is 0 Å². The number of carbonyl (C=O) groups is 1. The molecule has 3 aromatic rings. The van der Waals surface area contributed by atoms with E-state index in [1.807, 2.05) is 61.5 Å². The van der Waals surface area contributed by atoms with Crippen LogP contribution in [0.4, 0.5) is 0 Å². The smallest absolute Gasteiger partial charge is 0.257 e. The zero-order valence-corrected chi connectivity index (χ0v) is 13.5. The molecular weight excluding hydrogens is 302 g/mol. The summed E-state index contributed by atoms with van der Waals surface area (Å²) in [6.45, 7) is 2.51. The molecule has 0 unspecified atom stereocenters. The third-order valence-electron chi connectivity index (χ3n) is 3.64. The van der Waals surface area contributed by atoms with Crippen molar-refractivity contribution in [2.24, 2.45) is 0 Å². The van der Waals surface area contributed by atoms with E-state index in [-0.39, 0.29) is 5.91 Å². The Labute approximate surface area is 140 Å². The van der Waals surface area contributed by atoms with E-state index in [0.29, 0.717) is 31.1 Å². The van der Waals surface area contributed by atoms with Crippen molar-refractivity contribution in [2.75, 3.05) is 6.54 Å². The molecule has 2 aromatic carbocycles. The third-order valence-corrected chi connectivity index (χ3v) is 3.64. The number of aromatic nitrogens is 2. The lowest BCUT2D eigenvalue weighted by atomic mass is 10.1. The molecule has 3 rings (SSSR count). The first-order valence-electron chi connectivity index (χ1n) is 7.91. The second-order valence-corrected chi connectivity index (χ2v) is 5.64. The molecule has 5 heteroatoms. The molecule has 0 aliphatic carbocycles. The van der Waals surface area contributed by atoms with Gasteiger partial charge >= 0.3 is 0 Å². The minimum Gasteiger partial charge on any atom is -0.355 e. The zero-order valence-electron chi connectivity index (χ0n) is 13.5. The van der Waals surface area contributed by atoms with Crippen molar-refractivity contribution in [1.29, 1.82) is 0 Å². The van der Waals surface area contributed by atoms with Gasteiger partial charge in [0.2, 0.25) is 5.91 Å². The van der Waals surface area contributed by atoms with Gasteiger partial charge in [0, 0.05) is 18.5 Å². The molecule has 1 amide bonds. The minimum absolute atomic E-state index is 0.00868. The van der Waals surface area contributed by atoms with Gasteiger partial charge in [0.25, 0.3) is 5.89 Å². The number of benzene rings is 2. The van der Waals surface area contributed by atoms with Crippen LogP contribution in [-0.2, 0) is 17.6 Å². The summed E-state index contributed by atoms with van der Waals surface area (Å²) in [5.41, 5.74) is 3.08. The van der Waals surface area contributed by atoms with Crippen LogP contribution in [0.1, 0.15) is 17.0 Å². The lowest BCUT2D eigenvalue weighted by molar-refractivity contribution is -0.120. The van der Waals surface area contributed by atoms with Gasteiger partial charge in [-0.1, -0.05) is 53.2 Å². The molecule has 1 heterocycles. The van der Waals surface area contributed by atoms with Crippen molar-refractivity contribution in [1.82, 2.24) is 15.5 Å². The van der Waals surface area contributed by atoms with E-state index >= 15 is 0 Å². The van der Waals surface area contributed by atoms with Crippen LogP contribution in [0.25, 0.3) is 11.5 Å². The predicted molar refractivity (Wildman–Crippen MR) is 91.3 cm³/mol. The van der Waals surface area contributed by atoms with Gasteiger partial charge in [-0.15, -0.1) is 0 Å². The van der Waals surface area contributed by atoms with E-state index in [2.05, 4.69) is 15.5 Å². The molecule has 0 aliphatic heterocycles. The maximum atomic E-state index is 11.9. The van der Waals surface area contributed by atoms with E-state index in [0.717, 1.165) is 11.1 Å². The zero-order chi connectivity index (χ0) is 16.8. The van der Waals surface area contributed by atoms with Crippen molar-refractivity contribution in [3.8, 4) is 11.5 Å². The molecular formula is C19H19N3O2. The van der Waals surface area contributed by atoms with Gasteiger partial charge < -0.3 is 9.84 Å². The van der Waals surface area contributed by atoms with E-state index in [1.165, 1.54) is 5.56 Å². The molecule has 1 N–H and O–H groups in total. The Morgan fingerprint density at radius 2 is 1.83 bits per heavy atom. The summed E-state index contributed by atoms with van der Waals surface area (Å²) >= 11 is 0. The maximum absolute atomic E-state index is 11.9. The largest absolute Gasteiger partial charge is 0.355 e. The lowest BCUT2D eigenvalue weighted by Gasteiger charge is -2.04. The molecule has 24 heavy (non-hydrogen) atoms. The average Bonchev–Trinajstić information content (AvgIpc) is 3.07. The Morgan fingerprint density at radius 3 is 2.58 bits per heavy atom. The van der Waals surface area contributed by atoms with Crippen molar-refractivity contribution in [2.45, 2.75) is 19.8 Å². The lowest BCUT2D eigenvalue weighted by Crippen LogP contribution is -2.27. The van der Waals surface area contributed by atoms with Crippen LogP contribution in [0.3, 0.4) is 0 Å². The monoisotopic (exact) mass is 321 g/mol. The summed E-state index contributed by atoms with van der Waals surface area (Å²) in [4.78, 5) is 16.3. The van der Waals surface area contributed by atoms with Crippen molar-refractivity contribution >= 4 is 5.91 Å². The topological polar surface area (TPSA) is 68.0 Å². The Hall–Kier alpha value is -2.95. The summed E-state index contributed by atoms with van der Waals surface area (Å²) in [6, 6.07) is 17.6. The van der Waals surface area contributed by atoms with Gasteiger partial charge in [-0.05, 0) is 24.6 Å². The average molecular weight is 321 g/mol. The Balaban J connectivity index is 1.47. The van der Waals surface area contributed by atoms with Gasteiger partial charge in [-0.3, -0.25) is 4.79 Å². The van der Waals surface area contributed by atoms with E-state index in [9.17, 15) is 4.79 Å². The number of aryl methyl sites for hydroxylation is 1. The van der Waals surface area contributed by atoms with Crippen molar-refractivity contribution < 1.29 is 9.32 Å². The van der Waals surface area contributed by atoms with Crippen LogP contribution >= 0.6 is 0 Å². The number of rotatable bonds is 6. The SMILES string of the molecule is Cc1ccc(CC(=O)NCCc2noc(-c3ccccc3)n2)cc1. The normalized spacial score (nSPS) is 10.5. The van der Waals surface area contributed by atoms with E-state index < -0.39 is 0 Å². The summed E-state index contributed by atoms with van der Waals surface area (Å²) in [5.74, 6) is 1.08. The fraction of sp³-hybridized carbons (Fsp3) is 0.211. The number of nitrogens with one attached hydrogen (secondary N) is 1. The number of amides is 1. The van der Waals surface area contributed by atoms with Crippen molar-refractivity contribution in [3.05, 3.63) is 71.5 Å². The highest BCUT2D eigenvalue weighted by atomic mass is 16.5. The molecule has 0 bridgehead atoms. The second-order valence-electron chi connectivity index (χ2n) is 5.64. The van der Waals surface area contributed by atoms with Crippen molar-refractivity contribution in [3.63, 3.8) is 0 Å².